The van der Waals surface area contributed by atoms with E-state index in [1.807, 2.05) is 50.4 Å². The third-order valence-corrected chi connectivity index (χ3v) is 4.09. The zero-order valence-corrected chi connectivity index (χ0v) is 13.6. The molecular formula is C16H18BrN3O. The molecule has 0 atom stereocenters. The molecular weight excluding hydrogens is 330 g/mol. The number of aryl methyl sites for hydroxylation is 1. The van der Waals surface area contributed by atoms with Crippen LogP contribution in [0.3, 0.4) is 0 Å². The van der Waals surface area contributed by atoms with Gasteiger partial charge in [-0.15, -0.1) is 0 Å². The van der Waals surface area contributed by atoms with Gasteiger partial charge in [0.05, 0.1) is 0 Å². The van der Waals surface area contributed by atoms with Crippen LogP contribution in [-0.2, 0) is 6.54 Å². The molecule has 0 fully saturated rings. The zero-order valence-electron chi connectivity index (χ0n) is 12.0. The van der Waals surface area contributed by atoms with Crippen molar-refractivity contribution in [3.05, 3.63) is 63.6 Å². The molecule has 0 aliphatic heterocycles. The van der Waals surface area contributed by atoms with Crippen LogP contribution < -0.4 is 10.6 Å². The van der Waals surface area contributed by atoms with E-state index in [1.54, 1.807) is 0 Å². The number of anilines is 1. The minimum Gasteiger partial charge on any atom is -0.409 e. The molecule has 0 bridgehead atoms. The van der Waals surface area contributed by atoms with Gasteiger partial charge in [-0.05, 0) is 36.2 Å². The lowest BCUT2D eigenvalue weighted by Crippen LogP contribution is -2.23. The molecule has 0 saturated carbocycles. The molecule has 0 heterocycles. The van der Waals surface area contributed by atoms with Gasteiger partial charge in [0.25, 0.3) is 0 Å². The summed E-state index contributed by atoms with van der Waals surface area (Å²) in [5.74, 6) is 0.115. The second-order valence-corrected chi connectivity index (χ2v) is 5.81. The number of rotatable bonds is 4. The second-order valence-electron chi connectivity index (χ2n) is 4.95. The highest BCUT2D eigenvalue weighted by molar-refractivity contribution is 9.10. The van der Waals surface area contributed by atoms with Crippen LogP contribution in [0.5, 0.6) is 0 Å². The van der Waals surface area contributed by atoms with E-state index in [4.69, 9.17) is 10.9 Å². The molecule has 2 aromatic rings. The minimum absolute atomic E-state index is 0.115. The number of hydrogen-bond donors (Lipinski definition) is 2. The van der Waals surface area contributed by atoms with Crippen LogP contribution in [0, 0.1) is 6.92 Å². The fourth-order valence-corrected chi connectivity index (χ4v) is 2.61. The van der Waals surface area contributed by atoms with Gasteiger partial charge in [0, 0.05) is 29.3 Å². The van der Waals surface area contributed by atoms with Crippen LogP contribution >= 0.6 is 15.9 Å². The van der Waals surface area contributed by atoms with E-state index in [0.29, 0.717) is 0 Å². The summed E-state index contributed by atoms with van der Waals surface area (Å²) in [7, 11) is 1.99. The molecule has 0 saturated heterocycles. The Morgan fingerprint density at radius 1 is 1.29 bits per heavy atom. The van der Waals surface area contributed by atoms with Crippen molar-refractivity contribution in [3.63, 3.8) is 0 Å². The third kappa shape index (κ3) is 3.55. The number of nitrogens with zero attached hydrogens (tertiary/aromatic N) is 2. The predicted octanol–water partition coefficient (Wildman–Crippen LogP) is 3.49. The molecule has 0 amide bonds. The Balaban J connectivity index is 2.37. The van der Waals surface area contributed by atoms with Gasteiger partial charge in [-0.2, -0.15) is 0 Å². The van der Waals surface area contributed by atoms with Crippen molar-refractivity contribution in [2.45, 2.75) is 13.5 Å². The summed E-state index contributed by atoms with van der Waals surface area (Å²) in [6.45, 7) is 2.74. The topological polar surface area (TPSA) is 61.9 Å². The first-order valence-corrected chi connectivity index (χ1v) is 7.35. The summed E-state index contributed by atoms with van der Waals surface area (Å²) in [6.07, 6.45) is 0. The van der Waals surface area contributed by atoms with Gasteiger partial charge in [-0.25, -0.2) is 0 Å². The van der Waals surface area contributed by atoms with Gasteiger partial charge >= 0.3 is 0 Å². The van der Waals surface area contributed by atoms with E-state index in [-0.39, 0.29) is 5.84 Å². The summed E-state index contributed by atoms with van der Waals surface area (Å²) in [4.78, 5) is 2.08. The van der Waals surface area contributed by atoms with Crippen LogP contribution in [-0.4, -0.2) is 18.1 Å². The second kappa shape index (κ2) is 6.63. The molecule has 0 aromatic heterocycles. The molecule has 2 rings (SSSR count). The van der Waals surface area contributed by atoms with Gasteiger partial charge in [-0.3, -0.25) is 0 Å². The fraction of sp³-hybridized carbons (Fsp3) is 0.188. The SMILES string of the molecule is Cc1ccc(C(N)=NO)c(N(C)Cc2ccccc2Br)c1. The van der Waals surface area contributed by atoms with Crippen molar-refractivity contribution >= 4 is 27.5 Å². The van der Waals surface area contributed by atoms with E-state index in [9.17, 15) is 0 Å². The Morgan fingerprint density at radius 3 is 2.67 bits per heavy atom. The Kier molecular flexibility index (Phi) is 4.85. The highest BCUT2D eigenvalue weighted by atomic mass is 79.9. The lowest BCUT2D eigenvalue weighted by molar-refractivity contribution is 0.318. The number of benzene rings is 2. The first-order valence-electron chi connectivity index (χ1n) is 6.56. The normalized spacial score (nSPS) is 11.5. The van der Waals surface area contributed by atoms with Gasteiger partial charge in [-0.1, -0.05) is 45.4 Å². The van der Waals surface area contributed by atoms with Crippen molar-refractivity contribution in [3.8, 4) is 0 Å². The third-order valence-electron chi connectivity index (χ3n) is 3.31. The number of halogens is 1. The zero-order chi connectivity index (χ0) is 15.4. The van der Waals surface area contributed by atoms with Crippen molar-refractivity contribution in [2.75, 3.05) is 11.9 Å². The number of oxime groups is 1. The summed E-state index contributed by atoms with van der Waals surface area (Å²) >= 11 is 3.56. The van der Waals surface area contributed by atoms with E-state index < -0.39 is 0 Å². The smallest absolute Gasteiger partial charge is 0.172 e. The molecule has 0 radical (unpaired) electrons. The maximum Gasteiger partial charge on any atom is 0.172 e. The number of hydrogen-bond acceptors (Lipinski definition) is 3. The number of nitrogens with two attached hydrogens (primary N) is 1. The molecule has 0 unspecified atom stereocenters. The quantitative estimate of drug-likeness (QED) is 0.385. The summed E-state index contributed by atoms with van der Waals surface area (Å²) in [5, 5.41) is 12.0. The highest BCUT2D eigenvalue weighted by Crippen LogP contribution is 2.25. The van der Waals surface area contributed by atoms with Crippen LogP contribution in [0.2, 0.25) is 0 Å². The van der Waals surface area contributed by atoms with Crippen molar-refractivity contribution in [2.24, 2.45) is 10.9 Å². The average molecular weight is 348 g/mol. The van der Waals surface area contributed by atoms with E-state index >= 15 is 0 Å². The molecule has 0 aliphatic rings. The van der Waals surface area contributed by atoms with Crippen molar-refractivity contribution < 1.29 is 5.21 Å². The Morgan fingerprint density at radius 2 is 2.00 bits per heavy atom. The van der Waals surface area contributed by atoms with Crippen molar-refractivity contribution in [1.29, 1.82) is 0 Å². The largest absolute Gasteiger partial charge is 0.409 e. The maximum absolute atomic E-state index is 8.93. The molecule has 2 aromatic carbocycles. The van der Waals surface area contributed by atoms with Crippen LogP contribution in [0.1, 0.15) is 16.7 Å². The molecule has 3 N–H and O–H groups in total. The van der Waals surface area contributed by atoms with Gasteiger partial charge in [0.15, 0.2) is 5.84 Å². The molecule has 21 heavy (non-hydrogen) atoms. The lowest BCUT2D eigenvalue weighted by Gasteiger charge is -2.23. The van der Waals surface area contributed by atoms with E-state index in [2.05, 4.69) is 32.1 Å². The fourth-order valence-electron chi connectivity index (χ4n) is 2.20. The maximum atomic E-state index is 8.93. The Hall–Kier alpha value is -2.01. The van der Waals surface area contributed by atoms with Gasteiger partial charge in [0.1, 0.15) is 0 Å². The summed E-state index contributed by atoms with van der Waals surface area (Å²) in [6, 6.07) is 13.9. The van der Waals surface area contributed by atoms with Gasteiger partial charge < -0.3 is 15.8 Å². The first kappa shape index (κ1) is 15.4. The molecule has 0 aliphatic carbocycles. The molecule has 5 heteroatoms. The molecule has 4 nitrogen and oxygen atoms in total. The van der Waals surface area contributed by atoms with Crippen molar-refractivity contribution in [1.82, 2.24) is 0 Å². The molecule has 110 valence electrons. The van der Waals surface area contributed by atoms with E-state index in [1.165, 1.54) is 5.56 Å². The minimum atomic E-state index is 0.115. The summed E-state index contributed by atoms with van der Waals surface area (Å²) in [5.41, 5.74) is 9.72. The first-order chi connectivity index (χ1) is 10.0. The van der Waals surface area contributed by atoms with Crippen LogP contribution in [0.15, 0.2) is 52.1 Å². The standard InChI is InChI=1S/C16H18BrN3O/c1-11-7-8-13(16(18)19-21)15(9-11)20(2)10-12-5-3-4-6-14(12)17/h3-9,21H,10H2,1-2H3,(H2,18,19). The number of amidine groups is 1. The lowest BCUT2D eigenvalue weighted by atomic mass is 10.1. The monoisotopic (exact) mass is 347 g/mol. The Labute approximate surface area is 133 Å². The highest BCUT2D eigenvalue weighted by Gasteiger charge is 2.12. The van der Waals surface area contributed by atoms with E-state index in [0.717, 1.165) is 27.8 Å². The predicted molar refractivity (Wildman–Crippen MR) is 89.9 cm³/mol. The van der Waals surface area contributed by atoms with Crippen LogP contribution in [0.25, 0.3) is 0 Å². The van der Waals surface area contributed by atoms with Crippen LogP contribution in [0.4, 0.5) is 5.69 Å². The average Bonchev–Trinajstić information content (AvgIpc) is 2.48. The Bertz CT molecular complexity index is 670. The van der Waals surface area contributed by atoms with Gasteiger partial charge in [0.2, 0.25) is 0 Å². The summed E-state index contributed by atoms with van der Waals surface area (Å²) < 4.78 is 1.06. The molecule has 0 spiro atoms.